The van der Waals surface area contributed by atoms with Gasteiger partial charge in [0.2, 0.25) is 12.7 Å². The molecule has 4 rings (SSSR count). The number of rotatable bonds is 9. The van der Waals surface area contributed by atoms with Crippen LogP contribution in [0.1, 0.15) is 0 Å². The quantitative estimate of drug-likeness (QED) is 0.429. The van der Waals surface area contributed by atoms with Gasteiger partial charge in [0.05, 0.1) is 16.9 Å². The van der Waals surface area contributed by atoms with Crippen molar-refractivity contribution in [1.82, 2.24) is 14.5 Å². The Morgan fingerprint density at radius 2 is 2.00 bits per heavy atom. The maximum Gasteiger partial charge on any atom is 0.335 e. The number of hydrogen-bond donors (Lipinski definition) is 3. The molecule has 0 amide bonds. The van der Waals surface area contributed by atoms with E-state index in [9.17, 15) is 15.0 Å². The van der Waals surface area contributed by atoms with Crippen LogP contribution in [0.15, 0.2) is 53.5 Å². The minimum atomic E-state index is -0.764. The Labute approximate surface area is 183 Å². The molecule has 1 aromatic heterocycles. The summed E-state index contributed by atoms with van der Waals surface area (Å²) in [7, 11) is 0. The number of nitrogens with zero attached hydrogens (tertiary/aromatic N) is 2. The number of nitrogens with one attached hydrogen (secondary N) is 1. The fourth-order valence-electron chi connectivity index (χ4n) is 3.16. The van der Waals surface area contributed by atoms with Crippen molar-refractivity contribution < 1.29 is 24.4 Å². The van der Waals surface area contributed by atoms with Crippen LogP contribution in [0.2, 0.25) is 5.02 Å². The summed E-state index contributed by atoms with van der Waals surface area (Å²) in [6.45, 7) is 1.05. The van der Waals surface area contributed by atoms with Crippen LogP contribution in [-0.4, -0.2) is 51.9 Å². The van der Waals surface area contributed by atoms with E-state index in [-0.39, 0.29) is 38.1 Å². The van der Waals surface area contributed by atoms with Crippen LogP contribution in [-0.2, 0) is 6.54 Å². The predicted octanol–water partition coefficient (Wildman–Crippen LogP) is 1.76. The molecule has 2 heterocycles. The Balaban J connectivity index is 1.29. The molecule has 1 unspecified atom stereocenters. The minimum absolute atomic E-state index is 0.0718. The molecule has 1 atom stereocenters. The van der Waals surface area contributed by atoms with Gasteiger partial charge in [-0.15, -0.1) is 0 Å². The molecular formula is C21H22ClN3O6. The number of fused-ring (bicyclic) bond motifs is 1. The van der Waals surface area contributed by atoms with E-state index in [1.54, 1.807) is 42.5 Å². The molecule has 1 aliphatic heterocycles. The third-order valence-electron chi connectivity index (χ3n) is 4.75. The number of imidazole rings is 1. The second-order valence-electron chi connectivity index (χ2n) is 6.93. The molecule has 0 radical (unpaired) electrons. The van der Waals surface area contributed by atoms with Crippen LogP contribution in [0.4, 0.5) is 0 Å². The average molecular weight is 448 g/mol. The zero-order chi connectivity index (χ0) is 21.8. The van der Waals surface area contributed by atoms with Gasteiger partial charge in [0.25, 0.3) is 0 Å². The summed E-state index contributed by atoms with van der Waals surface area (Å²) in [4.78, 5) is 12.7. The molecule has 10 heteroatoms. The Morgan fingerprint density at radius 3 is 2.84 bits per heavy atom. The SMILES string of the molecule is O=c1n(-c2ccc3c(c2)OCO3)cc(O)n1CCNCC(O)COc1ccccc1Cl. The Morgan fingerprint density at radius 1 is 1.19 bits per heavy atom. The predicted molar refractivity (Wildman–Crippen MR) is 114 cm³/mol. The first-order valence-corrected chi connectivity index (χ1v) is 10.1. The lowest BCUT2D eigenvalue weighted by Crippen LogP contribution is -2.34. The summed E-state index contributed by atoms with van der Waals surface area (Å²) in [5, 5.41) is 23.8. The van der Waals surface area contributed by atoms with Crippen molar-refractivity contribution in [2.75, 3.05) is 26.5 Å². The molecule has 9 nitrogen and oxygen atoms in total. The first kappa shape index (κ1) is 21.1. The van der Waals surface area contributed by atoms with Gasteiger partial charge in [-0.3, -0.25) is 9.13 Å². The van der Waals surface area contributed by atoms with Gasteiger partial charge >= 0.3 is 5.69 Å². The van der Waals surface area contributed by atoms with E-state index in [2.05, 4.69) is 5.32 Å². The summed E-state index contributed by atoms with van der Waals surface area (Å²) in [5.41, 5.74) is 0.171. The second-order valence-corrected chi connectivity index (χ2v) is 7.34. The maximum atomic E-state index is 12.7. The summed E-state index contributed by atoms with van der Waals surface area (Å²) >= 11 is 6.01. The third kappa shape index (κ3) is 4.79. The minimum Gasteiger partial charge on any atom is -0.493 e. The fourth-order valence-corrected chi connectivity index (χ4v) is 3.36. The average Bonchev–Trinajstić information content (AvgIpc) is 3.34. The number of aliphatic hydroxyl groups excluding tert-OH is 1. The highest BCUT2D eigenvalue weighted by Crippen LogP contribution is 2.33. The lowest BCUT2D eigenvalue weighted by atomic mass is 10.3. The number of para-hydroxylation sites is 1. The van der Waals surface area contributed by atoms with Crippen molar-refractivity contribution in [2.24, 2.45) is 0 Å². The molecule has 0 saturated heterocycles. The van der Waals surface area contributed by atoms with Crippen molar-refractivity contribution in [1.29, 1.82) is 0 Å². The highest BCUT2D eigenvalue weighted by Gasteiger charge is 2.17. The molecule has 0 saturated carbocycles. The van der Waals surface area contributed by atoms with Crippen LogP contribution < -0.4 is 25.2 Å². The first-order valence-electron chi connectivity index (χ1n) is 9.70. The monoisotopic (exact) mass is 447 g/mol. The van der Waals surface area contributed by atoms with Crippen molar-refractivity contribution in [3.63, 3.8) is 0 Å². The molecule has 2 aromatic carbocycles. The van der Waals surface area contributed by atoms with Gasteiger partial charge in [-0.2, -0.15) is 0 Å². The smallest absolute Gasteiger partial charge is 0.335 e. The molecule has 3 aromatic rings. The third-order valence-corrected chi connectivity index (χ3v) is 5.06. The lowest BCUT2D eigenvalue weighted by molar-refractivity contribution is 0.106. The van der Waals surface area contributed by atoms with Crippen LogP contribution >= 0.6 is 11.6 Å². The van der Waals surface area contributed by atoms with E-state index in [0.717, 1.165) is 0 Å². The molecule has 31 heavy (non-hydrogen) atoms. The standard InChI is InChI=1S/C21H22ClN3O6/c22-16-3-1-2-4-17(16)29-12-15(26)10-23-7-8-24-20(27)11-25(21(24)28)14-5-6-18-19(9-14)31-13-30-18/h1-6,9,11,15,23,26-27H,7-8,10,12-13H2. The van der Waals surface area contributed by atoms with Crippen molar-refractivity contribution in [3.05, 3.63) is 64.2 Å². The zero-order valence-corrected chi connectivity index (χ0v) is 17.3. The van der Waals surface area contributed by atoms with Gasteiger partial charge in [-0.1, -0.05) is 23.7 Å². The molecule has 164 valence electrons. The Hall–Kier alpha value is -3.14. The number of aromatic nitrogens is 2. The number of hydrogen-bond acceptors (Lipinski definition) is 7. The number of halogens is 1. The van der Waals surface area contributed by atoms with Gasteiger partial charge in [-0.05, 0) is 24.3 Å². The van der Waals surface area contributed by atoms with Gasteiger partial charge in [-0.25, -0.2) is 4.79 Å². The van der Waals surface area contributed by atoms with E-state index in [0.29, 0.717) is 34.5 Å². The summed E-state index contributed by atoms with van der Waals surface area (Å²) in [6, 6.07) is 12.1. The normalized spacial score (nSPS) is 13.4. The van der Waals surface area contributed by atoms with Crippen molar-refractivity contribution in [3.8, 4) is 28.8 Å². The van der Waals surface area contributed by atoms with E-state index in [1.807, 2.05) is 0 Å². The van der Waals surface area contributed by atoms with Crippen LogP contribution in [0.25, 0.3) is 5.69 Å². The van der Waals surface area contributed by atoms with Crippen molar-refractivity contribution >= 4 is 11.6 Å². The van der Waals surface area contributed by atoms with Crippen LogP contribution in [0.3, 0.4) is 0 Å². The highest BCUT2D eigenvalue weighted by molar-refractivity contribution is 6.32. The Bertz CT molecular complexity index is 1110. The van der Waals surface area contributed by atoms with E-state index >= 15 is 0 Å². The van der Waals surface area contributed by atoms with E-state index < -0.39 is 6.10 Å². The topological polar surface area (TPSA) is 107 Å². The molecular weight excluding hydrogens is 426 g/mol. The number of ether oxygens (including phenoxy) is 3. The molecule has 0 bridgehead atoms. The van der Waals surface area contributed by atoms with Gasteiger partial charge in [0, 0.05) is 25.7 Å². The zero-order valence-electron chi connectivity index (χ0n) is 16.5. The molecule has 3 N–H and O–H groups in total. The number of aliphatic hydroxyl groups is 1. The van der Waals surface area contributed by atoms with E-state index in [1.165, 1.54) is 15.3 Å². The van der Waals surface area contributed by atoms with E-state index in [4.69, 9.17) is 25.8 Å². The Kier molecular flexibility index (Phi) is 6.36. The van der Waals surface area contributed by atoms with Crippen LogP contribution in [0, 0.1) is 0 Å². The summed E-state index contributed by atoms with van der Waals surface area (Å²) in [5.74, 6) is 1.50. The van der Waals surface area contributed by atoms with Gasteiger partial charge in [0.1, 0.15) is 18.5 Å². The summed E-state index contributed by atoms with van der Waals surface area (Å²) in [6.07, 6.45) is 0.589. The lowest BCUT2D eigenvalue weighted by Gasteiger charge is -2.14. The van der Waals surface area contributed by atoms with Gasteiger partial charge < -0.3 is 29.7 Å². The largest absolute Gasteiger partial charge is 0.493 e. The highest BCUT2D eigenvalue weighted by atomic mass is 35.5. The molecule has 0 aliphatic carbocycles. The van der Waals surface area contributed by atoms with Crippen LogP contribution in [0.5, 0.6) is 23.1 Å². The van der Waals surface area contributed by atoms with Crippen molar-refractivity contribution in [2.45, 2.75) is 12.6 Å². The maximum absolute atomic E-state index is 12.7. The summed E-state index contributed by atoms with van der Waals surface area (Å²) < 4.78 is 18.7. The first-order chi connectivity index (χ1) is 15.0. The van der Waals surface area contributed by atoms with Gasteiger partial charge in [0.15, 0.2) is 11.5 Å². The molecule has 0 fully saturated rings. The molecule has 0 spiro atoms. The fraction of sp³-hybridized carbons (Fsp3) is 0.286. The number of aromatic hydroxyl groups is 1. The number of benzene rings is 2. The molecule has 1 aliphatic rings. The second kappa shape index (κ2) is 9.34.